The molecule has 1 fully saturated rings. The molecule has 1 aliphatic heterocycles. The third-order valence-corrected chi connectivity index (χ3v) is 4.39. The van der Waals surface area contributed by atoms with Crippen LogP contribution < -0.4 is 10.6 Å². The average Bonchev–Trinajstić information content (AvgIpc) is 2.98. The zero-order valence-corrected chi connectivity index (χ0v) is 13.0. The number of amides is 1. The molecule has 1 aromatic rings. The quantitative estimate of drug-likeness (QED) is 0.812. The lowest BCUT2D eigenvalue weighted by Gasteiger charge is -2.09. The van der Waals surface area contributed by atoms with E-state index >= 15 is 0 Å². The summed E-state index contributed by atoms with van der Waals surface area (Å²) in [5.41, 5.74) is 2.24. The summed E-state index contributed by atoms with van der Waals surface area (Å²) in [4.78, 5) is 11.9. The highest BCUT2D eigenvalue weighted by atomic mass is 32.2. The first-order chi connectivity index (χ1) is 9.78. The molecule has 0 saturated carbocycles. The minimum atomic E-state index is 0.133. The molecule has 1 aromatic carbocycles. The summed E-state index contributed by atoms with van der Waals surface area (Å²) in [7, 11) is 0. The molecule has 0 radical (unpaired) electrons. The molecule has 2 N–H and O–H groups in total. The summed E-state index contributed by atoms with van der Waals surface area (Å²) >= 11 is 1.86. The van der Waals surface area contributed by atoms with Crippen molar-refractivity contribution >= 4 is 23.4 Å². The lowest BCUT2D eigenvalue weighted by atomic mass is 10.0. The zero-order valence-electron chi connectivity index (χ0n) is 12.2. The van der Waals surface area contributed by atoms with Gasteiger partial charge in [0.05, 0.1) is 0 Å². The number of nitrogens with one attached hydrogen (secondary N) is 2. The van der Waals surface area contributed by atoms with Gasteiger partial charge in [-0.2, -0.15) is 11.8 Å². The van der Waals surface area contributed by atoms with E-state index in [0.29, 0.717) is 12.3 Å². The van der Waals surface area contributed by atoms with E-state index in [1.807, 2.05) is 23.9 Å². The summed E-state index contributed by atoms with van der Waals surface area (Å²) in [6, 6.07) is 8.22. The molecule has 1 unspecified atom stereocenters. The van der Waals surface area contributed by atoms with Crippen molar-refractivity contribution in [3.8, 4) is 0 Å². The Bertz CT molecular complexity index is 413. The maximum Gasteiger partial charge on any atom is 0.224 e. The molecule has 1 atom stereocenters. The van der Waals surface area contributed by atoms with Gasteiger partial charge in [-0.25, -0.2) is 0 Å². The van der Waals surface area contributed by atoms with Gasteiger partial charge in [0.15, 0.2) is 0 Å². The highest BCUT2D eigenvalue weighted by molar-refractivity contribution is 7.98. The first-order valence-corrected chi connectivity index (χ1v) is 8.76. The molecule has 0 bridgehead atoms. The molecule has 0 aliphatic carbocycles. The second-order valence-electron chi connectivity index (χ2n) is 5.39. The molecule has 110 valence electrons. The second-order valence-corrected chi connectivity index (χ2v) is 6.37. The van der Waals surface area contributed by atoms with Crippen molar-refractivity contribution in [2.24, 2.45) is 5.92 Å². The van der Waals surface area contributed by atoms with Crippen LogP contribution in [0.3, 0.4) is 0 Å². The molecule has 20 heavy (non-hydrogen) atoms. The van der Waals surface area contributed by atoms with Crippen LogP contribution in [-0.4, -0.2) is 31.0 Å². The lowest BCUT2D eigenvalue weighted by Crippen LogP contribution is -2.15. The van der Waals surface area contributed by atoms with E-state index in [9.17, 15) is 4.79 Å². The maximum absolute atomic E-state index is 11.9. The molecule has 4 heteroatoms. The topological polar surface area (TPSA) is 41.1 Å². The van der Waals surface area contributed by atoms with Crippen LogP contribution in [0.2, 0.25) is 0 Å². The van der Waals surface area contributed by atoms with Gasteiger partial charge < -0.3 is 10.6 Å². The fraction of sp³-hybridized carbons (Fsp3) is 0.562. The van der Waals surface area contributed by atoms with Crippen LogP contribution in [0, 0.1) is 5.92 Å². The summed E-state index contributed by atoms with van der Waals surface area (Å²) in [5, 5.41) is 6.32. The number of benzene rings is 1. The number of anilines is 1. The Hall–Kier alpha value is -1.00. The third kappa shape index (κ3) is 5.17. The first-order valence-electron chi connectivity index (χ1n) is 7.36. The summed E-state index contributed by atoms with van der Waals surface area (Å²) in [6.45, 7) is 2.17. The molecule has 1 amide bonds. The van der Waals surface area contributed by atoms with E-state index in [4.69, 9.17) is 0 Å². The monoisotopic (exact) mass is 292 g/mol. The SMILES string of the molecule is CSCCc1ccc(NC(=O)CCC2CCNC2)cc1. The number of hydrogen-bond donors (Lipinski definition) is 2. The minimum absolute atomic E-state index is 0.133. The Kier molecular flexibility index (Phi) is 6.40. The highest BCUT2D eigenvalue weighted by Crippen LogP contribution is 2.16. The van der Waals surface area contributed by atoms with Crippen molar-refractivity contribution in [3.05, 3.63) is 29.8 Å². The molecule has 1 aliphatic rings. The van der Waals surface area contributed by atoms with Crippen LogP contribution >= 0.6 is 11.8 Å². The van der Waals surface area contributed by atoms with E-state index in [1.165, 1.54) is 12.0 Å². The number of carbonyl (C=O) groups excluding carboxylic acids is 1. The Balaban J connectivity index is 1.72. The van der Waals surface area contributed by atoms with Crippen molar-refractivity contribution in [1.29, 1.82) is 0 Å². The van der Waals surface area contributed by atoms with Gasteiger partial charge in [-0.1, -0.05) is 12.1 Å². The summed E-state index contributed by atoms with van der Waals surface area (Å²) in [6.07, 6.45) is 6.03. The third-order valence-electron chi connectivity index (χ3n) is 3.77. The van der Waals surface area contributed by atoms with Gasteiger partial charge in [0.1, 0.15) is 0 Å². The summed E-state index contributed by atoms with van der Waals surface area (Å²) in [5.74, 6) is 1.95. The van der Waals surface area contributed by atoms with Crippen LogP contribution in [0.4, 0.5) is 5.69 Å². The minimum Gasteiger partial charge on any atom is -0.326 e. The predicted octanol–water partition coefficient (Wildman–Crippen LogP) is 2.92. The van der Waals surface area contributed by atoms with Crippen molar-refractivity contribution in [2.45, 2.75) is 25.7 Å². The smallest absolute Gasteiger partial charge is 0.224 e. The van der Waals surface area contributed by atoms with Gasteiger partial charge in [-0.05, 0) is 68.0 Å². The lowest BCUT2D eigenvalue weighted by molar-refractivity contribution is -0.116. The standard InChI is InChI=1S/C16H24N2OS/c1-20-11-9-13-2-5-15(6-3-13)18-16(19)7-4-14-8-10-17-12-14/h2-3,5-6,14,17H,4,7-12H2,1H3,(H,18,19). The van der Waals surface area contributed by atoms with Gasteiger partial charge in [-0.15, -0.1) is 0 Å². The number of rotatable bonds is 7. The number of hydrogen-bond acceptors (Lipinski definition) is 3. The molecule has 1 heterocycles. The normalized spacial score (nSPS) is 18.1. The molecular weight excluding hydrogens is 268 g/mol. The molecule has 1 saturated heterocycles. The Labute approximate surface area is 125 Å². The number of thioether (sulfide) groups is 1. The Morgan fingerprint density at radius 1 is 1.40 bits per heavy atom. The van der Waals surface area contributed by atoms with Gasteiger partial charge >= 0.3 is 0 Å². The molecule has 0 aromatic heterocycles. The van der Waals surface area contributed by atoms with Crippen molar-refractivity contribution in [3.63, 3.8) is 0 Å². The number of aryl methyl sites for hydroxylation is 1. The van der Waals surface area contributed by atoms with Gasteiger partial charge in [0.2, 0.25) is 5.91 Å². The van der Waals surface area contributed by atoms with Crippen LogP contribution in [-0.2, 0) is 11.2 Å². The van der Waals surface area contributed by atoms with E-state index in [0.717, 1.165) is 37.4 Å². The van der Waals surface area contributed by atoms with Crippen LogP contribution in [0.25, 0.3) is 0 Å². The van der Waals surface area contributed by atoms with Crippen molar-refractivity contribution in [2.75, 3.05) is 30.4 Å². The van der Waals surface area contributed by atoms with E-state index < -0.39 is 0 Å². The molecule has 0 spiro atoms. The average molecular weight is 292 g/mol. The van der Waals surface area contributed by atoms with Crippen LogP contribution in [0.5, 0.6) is 0 Å². The second kappa shape index (κ2) is 8.32. The maximum atomic E-state index is 11.9. The van der Waals surface area contributed by atoms with Crippen LogP contribution in [0.1, 0.15) is 24.8 Å². The highest BCUT2D eigenvalue weighted by Gasteiger charge is 2.15. The van der Waals surface area contributed by atoms with Crippen molar-refractivity contribution < 1.29 is 4.79 Å². The Morgan fingerprint density at radius 2 is 2.20 bits per heavy atom. The number of carbonyl (C=O) groups is 1. The fourth-order valence-corrected chi connectivity index (χ4v) is 2.93. The predicted molar refractivity (Wildman–Crippen MR) is 87.4 cm³/mol. The van der Waals surface area contributed by atoms with E-state index in [2.05, 4.69) is 29.0 Å². The van der Waals surface area contributed by atoms with Crippen LogP contribution in [0.15, 0.2) is 24.3 Å². The van der Waals surface area contributed by atoms with Crippen molar-refractivity contribution in [1.82, 2.24) is 5.32 Å². The van der Waals surface area contributed by atoms with Gasteiger partial charge in [0.25, 0.3) is 0 Å². The fourth-order valence-electron chi connectivity index (χ4n) is 2.49. The molecule has 3 nitrogen and oxygen atoms in total. The molecular formula is C16H24N2OS. The largest absolute Gasteiger partial charge is 0.326 e. The Morgan fingerprint density at radius 3 is 2.85 bits per heavy atom. The van der Waals surface area contributed by atoms with Gasteiger partial charge in [-0.3, -0.25) is 4.79 Å². The zero-order chi connectivity index (χ0) is 14.2. The molecule has 2 rings (SSSR count). The first kappa shape index (κ1) is 15.4. The van der Waals surface area contributed by atoms with E-state index in [1.54, 1.807) is 0 Å². The van der Waals surface area contributed by atoms with Gasteiger partial charge in [0, 0.05) is 12.1 Å². The summed E-state index contributed by atoms with van der Waals surface area (Å²) < 4.78 is 0. The van der Waals surface area contributed by atoms with E-state index in [-0.39, 0.29) is 5.91 Å².